The number of rotatable bonds is 4. The molecule has 0 aromatic carbocycles. The lowest BCUT2D eigenvalue weighted by Gasteiger charge is -2.33. The minimum absolute atomic E-state index is 0.411. The number of hydrogen-bond acceptors (Lipinski definition) is 7. The summed E-state index contributed by atoms with van der Waals surface area (Å²) in [4.78, 5) is 15.5. The highest BCUT2D eigenvalue weighted by atomic mass is 16.5. The molecule has 8 heteroatoms. The quantitative estimate of drug-likeness (QED) is 0.769. The van der Waals surface area contributed by atoms with E-state index in [9.17, 15) is 0 Å². The minimum Gasteiger partial charge on any atom is -0.478 e. The molecule has 4 rings (SSSR count). The molecule has 1 fully saturated rings. The van der Waals surface area contributed by atoms with Crippen molar-refractivity contribution in [2.75, 3.05) is 31.1 Å². The van der Waals surface area contributed by atoms with Crippen molar-refractivity contribution in [2.24, 2.45) is 0 Å². The second-order valence-corrected chi connectivity index (χ2v) is 6.08. The molecule has 130 valence electrons. The van der Waals surface area contributed by atoms with Gasteiger partial charge in [-0.15, -0.1) is 5.10 Å². The van der Waals surface area contributed by atoms with Gasteiger partial charge in [-0.1, -0.05) is 0 Å². The lowest BCUT2D eigenvalue weighted by molar-refractivity contribution is 0.326. The highest BCUT2D eigenvalue weighted by molar-refractivity contribution is 5.58. The van der Waals surface area contributed by atoms with Crippen LogP contribution in [0.25, 0.3) is 17.2 Å². The Bertz CT molecular complexity index is 864. The fourth-order valence-corrected chi connectivity index (χ4v) is 3.04. The highest BCUT2D eigenvalue weighted by Crippen LogP contribution is 2.24. The first-order valence-corrected chi connectivity index (χ1v) is 8.54. The second-order valence-electron chi connectivity index (χ2n) is 6.08. The molecule has 3 aromatic heterocycles. The number of pyridine rings is 1. The normalized spacial score (nSPS) is 17.8. The van der Waals surface area contributed by atoms with Gasteiger partial charge in [0.1, 0.15) is 5.82 Å². The lowest BCUT2D eigenvalue weighted by atomic mass is 10.2. The van der Waals surface area contributed by atoms with Gasteiger partial charge < -0.3 is 15.0 Å². The number of aromatic nitrogens is 5. The van der Waals surface area contributed by atoms with Gasteiger partial charge in [0.2, 0.25) is 5.88 Å². The molecule has 0 amide bonds. The van der Waals surface area contributed by atoms with Crippen LogP contribution in [-0.4, -0.2) is 56.8 Å². The van der Waals surface area contributed by atoms with E-state index in [1.807, 2.05) is 25.1 Å². The number of anilines is 1. The van der Waals surface area contributed by atoms with E-state index >= 15 is 0 Å². The summed E-state index contributed by atoms with van der Waals surface area (Å²) in [5.74, 6) is 2.66. The van der Waals surface area contributed by atoms with Crippen LogP contribution in [-0.2, 0) is 0 Å². The van der Waals surface area contributed by atoms with E-state index in [0.29, 0.717) is 30.1 Å². The van der Waals surface area contributed by atoms with Crippen LogP contribution in [0.4, 0.5) is 5.82 Å². The van der Waals surface area contributed by atoms with E-state index in [-0.39, 0.29) is 0 Å². The van der Waals surface area contributed by atoms with Crippen molar-refractivity contribution in [2.45, 2.75) is 19.9 Å². The molecule has 0 aliphatic carbocycles. The number of hydrogen-bond donors (Lipinski definition) is 1. The Morgan fingerprint density at radius 1 is 1.36 bits per heavy atom. The summed E-state index contributed by atoms with van der Waals surface area (Å²) in [6.07, 6.45) is 3.49. The van der Waals surface area contributed by atoms with Crippen LogP contribution in [0, 0.1) is 0 Å². The molecule has 1 aliphatic heterocycles. The van der Waals surface area contributed by atoms with E-state index in [1.165, 1.54) is 0 Å². The Labute approximate surface area is 145 Å². The van der Waals surface area contributed by atoms with Gasteiger partial charge in [-0.05, 0) is 26.0 Å². The van der Waals surface area contributed by atoms with Crippen molar-refractivity contribution in [1.29, 1.82) is 0 Å². The van der Waals surface area contributed by atoms with Crippen LogP contribution in [0.2, 0.25) is 0 Å². The topological polar surface area (TPSA) is 80.5 Å². The number of nitrogens with zero attached hydrogens (tertiary/aromatic N) is 6. The van der Waals surface area contributed by atoms with Crippen molar-refractivity contribution in [3.8, 4) is 17.3 Å². The molecule has 1 atom stereocenters. The van der Waals surface area contributed by atoms with Gasteiger partial charge in [0.25, 0.3) is 5.78 Å². The number of ether oxygens (including phenoxy) is 1. The summed E-state index contributed by atoms with van der Waals surface area (Å²) in [6.45, 7) is 7.41. The first-order chi connectivity index (χ1) is 12.2. The fourth-order valence-electron chi connectivity index (χ4n) is 3.04. The third-order valence-corrected chi connectivity index (χ3v) is 4.17. The summed E-state index contributed by atoms with van der Waals surface area (Å²) in [5.41, 5.74) is 0.866. The molecule has 0 bridgehead atoms. The zero-order chi connectivity index (χ0) is 17.2. The molecule has 4 heterocycles. The number of piperazine rings is 1. The van der Waals surface area contributed by atoms with Gasteiger partial charge in [0, 0.05) is 49.7 Å². The zero-order valence-corrected chi connectivity index (χ0v) is 14.4. The average Bonchev–Trinajstić information content (AvgIpc) is 3.06. The third kappa shape index (κ3) is 3.12. The molecule has 1 unspecified atom stereocenters. The van der Waals surface area contributed by atoms with Gasteiger partial charge in [0.05, 0.1) is 6.61 Å². The van der Waals surface area contributed by atoms with Crippen LogP contribution >= 0.6 is 0 Å². The van der Waals surface area contributed by atoms with Crippen LogP contribution < -0.4 is 15.0 Å². The molecule has 1 saturated heterocycles. The highest BCUT2D eigenvalue weighted by Gasteiger charge is 2.21. The summed E-state index contributed by atoms with van der Waals surface area (Å²) >= 11 is 0. The zero-order valence-electron chi connectivity index (χ0n) is 14.4. The van der Waals surface area contributed by atoms with E-state index in [4.69, 9.17) is 4.74 Å². The standard InChI is InChI=1S/C17H21N7O/c1-3-25-14-9-15(23-8-7-19-12(2)11-23)24-17(20-14)21-16(22-24)13-5-4-6-18-10-13/h4-6,9-10,12,19H,3,7-8,11H2,1-2H3. The van der Waals surface area contributed by atoms with Crippen molar-refractivity contribution in [3.05, 3.63) is 30.6 Å². The molecular formula is C17H21N7O. The Balaban J connectivity index is 1.82. The predicted molar refractivity (Wildman–Crippen MR) is 94.9 cm³/mol. The molecule has 8 nitrogen and oxygen atoms in total. The number of fused-ring (bicyclic) bond motifs is 1. The molecule has 3 aromatic rings. The minimum atomic E-state index is 0.411. The molecule has 1 aliphatic rings. The Kier molecular flexibility index (Phi) is 4.19. The largest absolute Gasteiger partial charge is 0.478 e. The van der Waals surface area contributed by atoms with Crippen molar-refractivity contribution in [3.63, 3.8) is 0 Å². The third-order valence-electron chi connectivity index (χ3n) is 4.17. The lowest BCUT2D eigenvalue weighted by Crippen LogP contribution is -2.49. The van der Waals surface area contributed by atoms with E-state index in [2.05, 4.69) is 37.2 Å². The average molecular weight is 339 g/mol. The van der Waals surface area contributed by atoms with E-state index in [1.54, 1.807) is 16.9 Å². The fraction of sp³-hybridized carbons (Fsp3) is 0.412. The summed E-state index contributed by atoms with van der Waals surface area (Å²) in [6, 6.07) is 6.17. The molecule has 0 saturated carbocycles. The number of nitrogens with one attached hydrogen (secondary N) is 1. The monoisotopic (exact) mass is 339 g/mol. The molecule has 25 heavy (non-hydrogen) atoms. The maximum Gasteiger partial charge on any atom is 0.257 e. The van der Waals surface area contributed by atoms with E-state index in [0.717, 1.165) is 31.0 Å². The molecule has 1 N–H and O–H groups in total. The second kappa shape index (κ2) is 6.64. The van der Waals surface area contributed by atoms with Crippen LogP contribution in [0.1, 0.15) is 13.8 Å². The van der Waals surface area contributed by atoms with Crippen LogP contribution in [0.3, 0.4) is 0 Å². The van der Waals surface area contributed by atoms with E-state index < -0.39 is 0 Å². The Hall–Kier alpha value is -2.74. The van der Waals surface area contributed by atoms with Gasteiger partial charge >= 0.3 is 0 Å². The van der Waals surface area contributed by atoms with Crippen LogP contribution in [0.5, 0.6) is 5.88 Å². The maximum atomic E-state index is 5.64. The first-order valence-electron chi connectivity index (χ1n) is 8.54. The molecular weight excluding hydrogens is 318 g/mol. The van der Waals surface area contributed by atoms with Crippen molar-refractivity contribution in [1.82, 2.24) is 29.9 Å². The Morgan fingerprint density at radius 3 is 3.04 bits per heavy atom. The predicted octanol–water partition coefficient (Wildman–Crippen LogP) is 1.38. The van der Waals surface area contributed by atoms with Gasteiger partial charge in [-0.25, -0.2) is 0 Å². The molecule has 0 spiro atoms. The van der Waals surface area contributed by atoms with Crippen LogP contribution in [0.15, 0.2) is 30.6 Å². The first kappa shape index (κ1) is 15.8. The smallest absolute Gasteiger partial charge is 0.257 e. The van der Waals surface area contributed by atoms with Gasteiger partial charge in [-0.2, -0.15) is 14.5 Å². The van der Waals surface area contributed by atoms with Crippen molar-refractivity contribution >= 4 is 11.6 Å². The summed E-state index contributed by atoms with van der Waals surface area (Å²) in [5, 5.41) is 8.13. The van der Waals surface area contributed by atoms with Crippen molar-refractivity contribution < 1.29 is 4.74 Å². The summed E-state index contributed by atoms with van der Waals surface area (Å²) < 4.78 is 7.43. The van der Waals surface area contributed by atoms with Gasteiger partial charge in [-0.3, -0.25) is 4.98 Å². The maximum absolute atomic E-state index is 5.64. The summed E-state index contributed by atoms with van der Waals surface area (Å²) in [7, 11) is 0. The molecule has 0 radical (unpaired) electrons. The Morgan fingerprint density at radius 2 is 2.28 bits per heavy atom. The van der Waals surface area contributed by atoms with Gasteiger partial charge in [0.15, 0.2) is 5.82 Å². The SMILES string of the molecule is CCOc1cc(N2CCNC(C)C2)n2nc(-c3cccnc3)nc2n1.